The van der Waals surface area contributed by atoms with E-state index in [-0.39, 0.29) is 55.1 Å². The molecule has 5 saturated heterocycles. The van der Waals surface area contributed by atoms with Gasteiger partial charge < -0.3 is 107 Å². The highest BCUT2D eigenvalue weighted by Gasteiger charge is 2.50. The molecule has 32 heteroatoms. The number of aliphatic hydroxyl groups excluding tert-OH is 8. The predicted octanol–water partition coefficient (Wildman–Crippen LogP) is -1.95. The van der Waals surface area contributed by atoms with E-state index >= 15 is 0 Å². The van der Waals surface area contributed by atoms with Crippen LogP contribution in [0.2, 0.25) is 0 Å². The van der Waals surface area contributed by atoms with E-state index in [1.165, 1.54) is 62.8 Å². The number of phenolic OH excluding ortho intramolecular Hbond substituents is 1. The van der Waals surface area contributed by atoms with Crippen LogP contribution in [0.15, 0.2) is 54.9 Å². The number of aliphatic hydroxyl groups is 8. The molecule has 13 atom stereocenters. The molecule has 10 rings (SSSR count). The number of anilines is 2. The van der Waals surface area contributed by atoms with Crippen LogP contribution in [0, 0.1) is 11.8 Å². The average molecular weight is 1420 g/mol. The second-order valence-electron chi connectivity index (χ2n) is 27.5. The van der Waals surface area contributed by atoms with E-state index in [1.54, 1.807) is 6.92 Å². The lowest BCUT2D eigenvalue weighted by molar-refractivity contribution is -0.147. The van der Waals surface area contributed by atoms with Crippen molar-refractivity contribution in [1.29, 1.82) is 0 Å². The van der Waals surface area contributed by atoms with Crippen molar-refractivity contribution in [3.8, 4) is 33.2 Å². The Kier molecular flexibility index (Phi) is 26.4. The number of carbonyl (C=O) groups is 6. The maximum absolute atomic E-state index is 15.0. The number of ether oxygens (including phenoxy) is 2. The summed E-state index contributed by atoms with van der Waals surface area (Å²) in [7, 11) is 1.28. The molecule has 2 aromatic heterocycles. The molecule has 6 amide bonds. The molecule has 0 bridgehead atoms. The number of nitrogens with one attached hydrogen (secondary N) is 6. The summed E-state index contributed by atoms with van der Waals surface area (Å²) in [6.45, 7) is 3.42. The van der Waals surface area contributed by atoms with Crippen molar-refractivity contribution in [2.24, 2.45) is 11.8 Å². The molecule has 0 radical (unpaired) electrons. The van der Waals surface area contributed by atoms with E-state index in [1.807, 2.05) is 36.7 Å². The maximum atomic E-state index is 15.0. The highest BCUT2D eigenvalue weighted by atomic mass is 32.1. The SMILES string of the molecule is COc1cc(C[C@@H](O)[C@@H]2NC(=O)[C@@H]3C[C@@H](O)CN3C(=O)[C@H]([C@@H](C)O)NC(=O)C(NCC3CCN(c4nnc(-c5ccc(-c6cnc(N7CCC(OC8CCCCC8)CC7)nc6)cc5)s4)CC3)C[C@@H](O)CNC(=O)[C@@H]3[C@@H](O)[C@@H](C)CN3C(=O)[C@H]([C@H](O)CCNC(CO)CO)NC2=O)ccc1O. The molecule has 5 aliphatic heterocycles. The Labute approximate surface area is 584 Å². The summed E-state index contributed by atoms with van der Waals surface area (Å²) in [6.07, 6.45) is 2.43. The Morgan fingerprint density at radius 3 is 2.02 bits per heavy atom. The van der Waals surface area contributed by atoms with Gasteiger partial charge in [-0.2, -0.15) is 0 Å². The van der Waals surface area contributed by atoms with Crippen LogP contribution in [0.5, 0.6) is 11.5 Å². The molecule has 1 unspecified atom stereocenters. The van der Waals surface area contributed by atoms with Gasteiger partial charge in [-0.3, -0.25) is 28.8 Å². The average Bonchev–Trinajstić information content (AvgIpc) is 1.62. The van der Waals surface area contributed by atoms with Crippen molar-refractivity contribution in [2.75, 3.05) is 89.0 Å². The van der Waals surface area contributed by atoms with Crippen molar-refractivity contribution in [3.05, 3.63) is 60.4 Å². The molecule has 6 fully saturated rings. The van der Waals surface area contributed by atoms with E-state index in [4.69, 9.17) is 19.4 Å². The number of aromatic hydroxyl groups is 1. The van der Waals surface area contributed by atoms with Crippen LogP contribution in [0.3, 0.4) is 0 Å². The topological polar surface area (TPSA) is 440 Å². The largest absolute Gasteiger partial charge is 0.504 e. The zero-order chi connectivity index (χ0) is 71.3. The fourth-order valence-corrected chi connectivity index (χ4v) is 15.1. The number of amides is 6. The van der Waals surface area contributed by atoms with Crippen LogP contribution in [0.1, 0.15) is 96.5 Å². The van der Waals surface area contributed by atoms with E-state index < -0.39 is 166 Å². The standard InChI is InChI=1S/C68H98N14O17S/c1-37-33-82-58(59(37)91)63(95)71-32-45(86)27-49(70-29-39-16-21-80(22-17-39)68-78-77-64(100-68)42-12-10-41(11-13-42)43-30-72-67(73-31-43)79-23-18-48(19-24-79)99-47-7-5-4-6-8-47)60(92)74-55(38(2)85)65(96)81-34-46(87)28-50(81)61(93)75-56(53(90)25-40-9-14-51(88)54(26-40)98-3)62(94)76-57(66(82)97)52(89)15-20-69-44(35-83)36-84/h9-14,26,30-31,37-39,44-50,52-53,55-59,69-70,83-91H,4-8,15-25,27-29,32-36H2,1-3H3,(H,71,95)(H,74,92)(H,75,93)(H,76,94)/t37-,38+,45+,46+,49?,50-,52+,53+,55-,56-,57-,58-,59-/m0/s1. The summed E-state index contributed by atoms with van der Waals surface area (Å²) in [5.74, 6) is -6.63. The number of phenols is 1. The lowest BCUT2D eigenvalue weighted by atomic mass is 9.96. The summed E-state index contributed by atoms with van der Waals surface area (Å²) in [4.78, 5) is 104. The Morgan fingerprint density at radius 1 is 0.690 bits per heavy atom. The maximum Gasteiger partial charge on any atom is 0.248 e. The number of carbonyl (C=O) groups excluding carboxylic acids is 6. The van der Waals surface area contributed by atoms with Gasteiger partial charge in [-0.15, -0.1) is 10.2 Å². The quantitative estimate of drug-likeness (QED) is 0.0431. The fourth-order valence-electron chi connectivity index (χ4n) is 14.2. The molecule has 7 heterocycles. The number of benzene rings is 2. The summed E-state index contributed by atoms with van der Waals surface area (Å²) in [6, 6.07) is 0.833. The third kappa shape index (κ3) is 18.8. The number of aromatic nitrogens is 4. The fraction of sp³-hybridized carbons (Fsp3) is 0.647. The minimum absolute atomic E-state index is 0.00488. The van der Waals surface area contributed by atoms with Gasteiger partial charge in [0.2, 0.25) is 46.5 Å². The number of rotatable bonds is 21. The highest BCUT2D eigenvalue weighted by Crippen LogP contribution is 2.35. The van der Waals surface area contributed by atoms with Crippen LogP contribution in [-0.2, 0) is 39.9 Å². The van der Waals surface area contributed by atoms with Crippen LogP contribution < -0.4 is 46.4 Å². The number of β-amino-alcohol motifs (C(OH)–C–C–N with tert-alkyl or cyclic N) is 1. The molecular weight excluding hydrogens is 1320 g/mol. The molecular formula is C68H98N14O17S. The zero-order valence-electron chi connectivity index (χ0n) is 56.8. The number of piperidine rings is 2. The molecule has 31 nitrogen and oxygen atoms in total. The molecule has 6 aliphatic rings. The van der Waals surface area contributed by atoms with Gasteiger partial charge in [0.15, 0.2) is 11.5 Å². The van der Waals surface area contributed by atoms with Crippen molar-refractivity contribution < 1.29 is 84.2 Å². The van der Waals surface area contributed by atoms with Gasteiger partial charge in [0, 0.05) is 88.1 Å². The third-order valence-corrected chi connectivity index (χ3v) is 21.2. The molecule has 4 aromatic rings. The van der Waals surface area contributed by atoms with Gasteiger partial charge in [0.1, 0.15) is 35.2 Å². The Hall–Kier alpha value is -7.34. The summed E-state index contributed by atoms with van der Waals surface area (Å²) in [5.41, 5.74) is 3.03. The molecule has 1 aliphatic carbocycles. The summed E-state index contributed by atoms with van der Waals surface area (Å²) in [5, 5.41) is 126. The Balaban J connectivity index is 0.826. The predicted molar refractivity (Wildman–Crippen MR) is 365 cm³/mol. The van der Waals surface area contributed by atoms with Gasteiger partial charge in [0.05, 0.1) is 81.2 Å². The highest BCUT2D eigenvalue weighted by molar-refractivity contribution is 7.18. The van der Waals surface area contributed by atoms with E-state index in [9.17, 15) is 74.7 Å². The number of nitrogens with zero attached hydrogens (tertiary/aromatic N) is 8. The first kappa shape index (κ1) is 75.3. The van der Waals surface area contributed by atoms with Crippen LogP contribution >= 0.6 is 11.3 Å². The lowest BCUT2D eigenvalue weighted by Crippen LogP contribution is -2.64. The number of hydrogen-bond donors (Lipinski definition) is 15. The second-order valence-corrected chi connectivity index (χ2v) is 28.5. The van der Waals surface area contributed by atoms with Crippen molar-refractivity contribution in [1.82, 2.24) is 61.9 Å². The molecule has 0 spiro atoms. The minimum Gasteiger partial charge on any atom is -0.504 e. The van der Waals surface area contributed by atoms with Crippen molar-refractivity contribution in [3.63, 3.8) is 0 Å². The summed E-state index contributed by atoms with van der Waals surface area (Å²) >= 11 is 1.46. The molecule has 1 saturated carbocycles. The van der Waals surface area contributed by atoms with E-state index in [0.717, 1.165) is 75.4 Å². The number of fused-ring (bicyclic) bond motifs is 2. The number of hydrogen-bond acceptors (Lipinski definition) is 26. The summed E-state index contributed by atoms with van der Waals surface area (Å²) < 4.78 is 11.7. The lowest BCUT2D eigenvalue weighted by Gasteiger charge is -2.34. The monoisotopic (exact) mass is 1410 g/mol. The van der Waals surface area contributed by atoms with Gasteiger partial charge >= 0.3 is 0 Å². The molecule has 100 heavy (non-hydrogen) atoms. The van der Waals surface area contributed by atoms with Crippen LogP contribution in [0.4, 0.5) is 11.1 Å². The van der Waals surface area contributed by atoms with E-state index in [0.29, 0.717) is 38.0 Å². The first-order chi connectivity index (χ1) is 48.1. The van der Waals surface area contributed by atoms with Crippen molar-refractivity contribution >= 4 is 57.9 Å². The molecule has 548 valence electrons. The van der Waals surface area contributed by atoms with Gasteiger partial charge in [-0.1, -0.05) is 67.9 Å². The first-order valence-electron chi connectivity index (χ1n) is 34.9. The van der Waals surface area contributed by atoms with Gasteiger partial charge in [-0.25, -0.2) is 9.97 Å². The van der Waals surface area contributed by atoms with Gasteiger partial charge in [-0.05, 0) is 101 Å². The molecule has 2 aromatic carbocycles. The Morgan fingerprint density at radius 2 is 1.34 bits per heavy atom. The van der Waals surface area contributed by atoms with E-state index in [2.05, 4.69) is 51.9 Å². The second kappa shape index (κ2) is 35.0. The smallest absolute Gasteiger partial charge is 0.248 e. The third-order valence-electron chi connectivity index (χ3n) is 20.2. The van der Waals surface area contributed by atoms with Crippen LogP contribution in [-0.4, -0.2) is 282 Å². The number of methoxy groups -OCH3 is 1. The van der Waals surface area contributed by atoms with Crippen LogP contribution in [0.25, 0.3) is 21.7 Å². The van der Waals surface area contributed by atoms with Crippen molar-refractivity contribution in [2.45, 2.75) is 188 Å². The van der Waals surface area contributed by atoms with Gasteiger partial charge in [0.25, 0.3) is 0 Å². The minimum atomic E-state index is -2.04. The first-order valence-corrected chi connectivity index (χ1v) is 35.8. The normalized spacial score (nSPS) is 27.2. The Bertz CT molecular complexity index is 3370. The zero-order valence-corrected chi connectivity index (χ0v) is 57.6. The molecule has 15 N–H and O–H groups in total.